The summed E-state index contributed by atoms with van der Waals surface area (Å²) in [6, 6.07) is 10.5. The van der Waals surface area contributed by atoms with Gasteiger partial charge in [-0.1, -0.05) is 6.07 Å². The van der Waals surface area contributed by atoms with Crippen LogP contribution in [0.5, 0.6) is 0 Å². The Morgan fingerprint density at radius 3 is 2.73 bits per heavy atom. The van der Waals surface area contributed by atoms with Gasteiger partial charge in [0.05, 0.1) is 29.3 Å². The molecule has 0 bridgehead atoms. The molecule has 1 saturated carbocycles. The topological polar surface area (TPSA) is 99.0 Å². The molecule has 3 N–H and O–H groups in total. The number of pyridine rings is 3. The lowest BCUT2D eigenvalue weighted by atomic mass is 9.96. The minimum Gasteiger partial charge on any atom is -0.383 e. The molecule has 8 heteroatoms. The summed E-state index contributed by atoms with van der Waals surface area (Å²) in [6.07, 6.45) is 12.4. The lowest BCUT2D eigenvalue weighted by Crippen LogP contribution is -2.07. The van der Waals surface area contributed by atoms with E-state index in [4.69, 9.17) is 10.7 Å². The van der Waals surface area contributed by atoms with Gasteiger partial charge in [0, 0.05) is 36.7 Å². The molecule has 0 aliphatic heterocycles. The molecular formula is C29H28N8. The van der Waals surface area contributed by atoms with E-state index < -0.39 is 0 Å². The van der Waals surface area contributed by atoms with Crippen molar-refractivity contribution in [3.05, 3.63) is 89.3 Å². The van der Waals surface area contributed by atoms with E-state index in [9.17, 15) is 0 Å². The summed E-state index contributed by atoms with van der Waals surface area (Å²) in [5.41, 5.74) is 14.1. The fourth-order valence-electron chi connectivity index (χ4n) is 5.40. The van der Waals surface area contributed by atoms with Gasteiger partial charge in [-0.25, -0.2) is 15.0 Å². The molecule has 5 aromatic heterocycles. The van der Waals surface area contributed by atoms with Crippen molar-refractivity contribution >= 4 is 39.0 Å². The van der Waals surface area contributed by atoms with Gasteiger partial charge in [-0.05, 0) is 84.5 Å². The van der Waals surface area contributed by atoms with Crippen LogP contribution in [0.1, 0.15) is 46.7 Å². The Morgan fingerprint density at radius 2 is 1.86 bits per heavy atom. The third-order valence-electron chi connectivity index (χ3n) is 7.60. The first-order chi connectivity index (χ1) is 18.0. The maximum Gasteiger partial charge on any atom is 0.137 e. The summed E-state index contributed by atoms with van der Waals surface area (Å²) in [5, 5.41) is 11.4. The highest BCUT2D eigenvalue weighted by molar-refractivity contribution is 5.94. The molecule has 0 saturated heterocycles. The van der Waals surface area contributed by atoms with Gasteiger partial charge in [-0.15, -0.1) is 0 Å². The third-order valence-corrected chi connectivity index (χ3v) is 7.60. The molecule has 37 heavy (non-hydrogen) atoms. The molecule has 6 aromatic rings. The first-order valence-corrected chi connectivity index (χ1v) is 12.7. The normalized spacial score (nSPS) is 13.7. The number of hydrogen-bond acceptors (Lipinski definition) is 6. The molecular weight excluding hydrogens is 460 g/mol. The SMILES string of the molecule is Cc1cc2c(N)nccc2c(C)c1CNc1nccc2c1cnn2Cc1cn2cc(C3CC3)ccc2n1. The highest BCUT2D eigenvalue weighted by Crippen LogP contribution is 2.40. The molecule has 1 aromatic carbocycles. The summed E-state index contributed by atoms with van der Waals surface area (Å²) in [5.74, 6) is 2.11. The average molecular weight is 489 g/mol. The number of hydrogen-bond donors (Lipinski definition) is 2. The Hall–Kier alpha value is -4.46. The van der Waals surface area contributed by atoms with Gasteiger partial charge in [-0.3, -0.25) is 4.68 Å². The van der Waals surface area contributed by atoms with E-state index in [-0.39, 0.29) is 0 Å². The average Bonchev–Trinajstić information content (AvgIpc) is 3.55. The van der Waals surface area contributed by atoms with E-state index in [0.717, 1.165) is 44.8 Å². The first-order valence-electron chi connectivity index (χ1n) is 12.7. The van der Waals surface area contributed by atoms with Gasteiger partial charge in [0.1, 0.15) is 17.3 Å². The number of rotatable bonds is 6. The zero-order valence-electron chi connectivity index (χ0n) is 20.9. The summed E-state index contributed by atoms with van der Waals surface area (Å²) < 4.78 is 4.13. The molecule has 0 atom stereocenters. The molecule has 0 radical (unpaired) electrons. The zero-order valence-corrected chi connectivity index (χ0v) is 20.9. The number of nitrogens with two attached hydrogens (primary N) is 1. The molecule has 184 valence electrons. The predicted molar refractivity (Wildman–Crippen MR) is 147 cm³/mol. The third kappa shape index (κ3) is 3.76. The van der Waals surface area contributed by atoms with Crippen LogP contribution in [0.2, 0.25) is 0 Å². The maximum absolute atomic E-state index is 6.12. The number of nitrogen functional groups attached to an aromatic ring is 1. The van der Waals surface area contributed by atoms with E-state index >= 15 is 0 Å². The zero-order chi connectivity index (χ0) is 25.1. The van der Waals surface area contributed by atoms with Crippen molar-refractivity contribution in [2.24, 2.45) is 0 Å². The Morgan fingerprint density at radius 1 is 1.00 bits per heavy atom. The number of benzene rings is 1. The van der Waals surface area contributed by atoms with E-state index in [2.05, 4.69) is 69.2 Å². The Balaban J connectivity index is 1.16. The van der Waals surface area contributed by atoms with E-state index in [1.165, 1.54) is 35.1 Å². The fraction of sp³-hybridized carbons (Fsp3) is 0.241. The molecule has 0 spiro atoms. The van der Waals surface area contributed by atoms with Crippen molar-refractivity contribution < 1.29 is 0 Å². The van der Waals surface area contributed by atoms with Crippen molar-refractivity contribution in [3.63, 3.8) is 0 Å². The Labute approximate surface area is 214 Å². The van der Waals surface area contributed by atoms with Crippen LogP contribution in [0.4, 0.5) is 11.6 Å². The second-order valence-corrected chi connectivity index (χ2v) is 10.1. The van der Waals surface area contributed by atoms with E-state index in [0.29, 0.717) is 18.9 Å². The second kappa shape index (κ2) is 8.30. The van der Waals surface area contributed by atoms with Crippen LogP contribution >= 0.6 is 0 Å². The number of aromatic nitrogens is 6. The number of nitrogens with zero attached hydrogens (tertiary/aromatic N) is 6. The first kappa shape index (κ1) is 21.8. The highest BCUT2D eigenvalue weighted by atomic mass is 15.3. The van der Waals surface area contributed by atoms with Crippen molar-refractivity contribution in [2.45, 2.75) is 45.7 Å². The summed E-state index contributed by atoms with van der Waals surface area (Å²) in [7, 11) is 0. The van der Waals surface area contributed by atoms with Gasteiger partial charge in [0.25, 0.3) is 0 Å². The van der Waals surface area contributed by atoms with Crippen LogP contribution in [0.15, 0.2) is 61.3 Å². The largest absolute Gasteiger partial charge is 0.383 e. The number of anilines is 2. The molecule has 1 fully saturated rings. The number of imidazole rings is 1. The number of fused-ring (bicyclic) bond motifs is 3. The van der Waals surface area contributed by atoms with Crippen molar-refractivity contribution in [1.82, 2.24) is 29.1 Å². The van der Waals surface area contributed by atoms with Gasteiger partial charge in [0.2, 0.25) is 0 Å². The van der Waals surface area contributed by atoms with E-state index in [1.54, 1.807) is 6.20 Å². The van der Waals surface area contributed by atoms with Crippen LogP contribution in [0.3, 0.4) is 0 Å². The molecule has 1 aliphatic rings. The number of aryl methyl sites for hydroxylation is 2. The molecule has 0 amide bonds. The molecule has 8 nitrogen and oxygen atoms in total. The quantitative estimate of drug-likeness (QED) is 0.327. The van der Waals surface area contributed by atoms with E-state index in [1.807, 2.05) is 29.2 Å². The number of nitrogens with one attached hydrogen (secondary N) is 1. The second-order valence-electron chi connectivity index (χ2n) is 10.1. The minimum atomic E-state index is 0.566. The minimum absolute atomic E-state index is 0.566. The molecule has 5 heterocycles. The van der Waals surface area contributed by atoms with Crippen molar-refractivity contribution in [1.29, 1.82) is 0 Å². The summed E-state index contributed by atoms with van der Waals surface area (Å²) in [4.78, 5) is 13.7. The van der Waals surface area contributed by atoms with Gasteiger partial charge < -0.3 is 15.5 Å². The van der Waals surface area contributed by atoms with Gasteiger partial charge >= 0.3 is 0 Å². The summed E-state index contributed by atoms with van der Waals surface area (Å²) in [6.45, 7) is 5.51. The Bertz CT molecular complexity index is 1810. The highest BCUT2D eigenvalue weighted by Gasteiger charge is 2.23. The van der Waals surface area contributed by atoms with Gasteiger partial charge in [-0.2, -0.15) is 5.10 Å². The van der Waals surface area contributed by atoms with Gasteiger partial charge in [0.15, 0.2) is 0 Å². The molecule has 7 rings (SSSR count). The van der Waals surface area contributed by atoms with Crippen LogP contribution < -0.4 is 11.1 Å². The predicted octanol–water partition coefficient (Wildman–Crippen LogP) is 5.36. The van der Waals surface area contributed by atoms with Crippen molar-refractivity contribution in [2.75, 3.05) is 11.1 Å². The maximum atomic E-state index is 6.12. The van der Waals surface area contributed by atoms with Crippen LogP contribution in [0, 0.1) is 13.8 Å². The smallest absolute Gasteiger partial charge is 0.137 e. The molecule has 0 unspecified atom stereocenters. The fourth-order valence-corrected chi connectivity index (χ4v) is 5.40. The molecule has 1 aliphatic carbocycles. The lowest BCUT2D eigenvalue weighted by molar-refractivity contribution is 0.700. The Kier molecular flexibility index (Phi) is 4.89. The lowest BCUT2D eigenvalue weighted by Gasteiger charge is -2.15. The van der Waals surface area contributed by atoms with Crippen molar-refractivity contribution in [3.8, 4) is 0 Å². The summed E-state index contributed by atoms with van der Waals surface area (Å²) >= 11 is 0. The van der Waals surface area contributed by atoms with Crippen LogP contribution in [-0.4, -0.2) is 29.1 Å². The van der Waals surface area contributed by atoms with Crippen LogP contribution in [-0.2, 0) is 13.1 Å². The standard InChI is InChI=1S/C29H28N8/c1-17-11-23-22(7-9-31-28(23)30)18(2)24(17)12-33-29-25-13-34-37(26(25)8-10-32-29)16-21-15-36-14-20(19-3-4-19)5-6-27(36)35-21/h5-11,13-15,19H,3-4,12,16H2,1-2H3,(H2,30,31)(H,32,33). The van der Waals surface area contributed by atoms with Crippen LogP contribution in [0.25, 0.3) is 27.3 Å². The monoisotopic (exact) mass is 488 g/mol.